The van der Waals surface area contributed by atoms with E-state index in [4.69, 9.17) is 9.47 Å². The standard InChI is InChI=1S/C19H21BrN4O4S.C12H15BrN4O2/c1-12-5-7-14(8-6-12)29(26,27)24-11-15(20)16-17(24)21-9-13(23-16)10-22-18(25)28-19(2,3)4;1-12(2,3)19-11(18)16-5-7-4-14-10-9(17-7)8(13)6-15-10/h5-9,11H,10H2,1-4H3,(H,22,25);4,6H,5H2,1-3H3,(H,14,15)(H,16,18). The van der Waals surface area contributed by atoms with Gasteiger partial charge in [-0.1, -0.05) is 17.7 Å². The number of aromatic nitrogens is 6. The Kier molecular flexibility index (Phi) is 11.2. The second-order valence-corrected chi connectivity index (χ2v) is 16.1. The molecule has 5 aromatic rings. The van der Waals surface area contributed by atoms with Gasteiger partial charge in [0.2, 0.25) is 0 Å². The van der Waals surface area contributed by atoms with Crippen LogP contribution in [0.15, 0.2) is 62.9 Å². The molecule has 3 N–H and O–H groups in total. The number of alkyl carbamates (subject to hydrolysis) is 2. The summed E-state index contributed by atoms with van der Waals surface area (Å²) in [5.74, 6) is 0. The summed E-state index contributed by atoms with van der Waals surface area (Å²) in [6.07, 6.45) is 5.19. The monoisotopic (exact) mass is 806 g/mol. The molecule has 0 saturated carbocycles. The van der Waals surface area contributed by atoms with Gasteiger partial charge in [0.15, 0.2) is 11.3 Å². The highest BCUT2D eigenvalue weighted by Crippen LogP contribution is 2.27. The maximum Gasteiger partial charge on any atom is 0.407 e. The van der Waals surface area contributed by atoms with Crippen molar-refractivity contribution in [2.45, 2.75) is 77.7 Å². The van der Waals surface area contributed by atoms with Gasteiger partial charge in [0, 0.05) is 12.4 Å². The minimum absolute atomic E-state index is 0.0974. The SMILES string of the molecule is CC(C)(C)OC(=O)NCc1cnc2[nH]cc(Br)c2n1.Cc1ccc(S(=O)(=O)n2cc(Br)c3nc(CNC(=O)OC(C)(C)C)cnc32)cc1. The van der Waals surface area contributed by atoms with E-state index in [9.17, 15) is 18.0 Å². The average Bonchev–Trinajstić information content (AvgIpc) is 3.53. The lowest BCUT2D eigenvalue weighted by Crippen LogP contribution is -2.32. The number of aromatic amines is 1. The molecule has 0 unspecified atom stereocenters. The van der Waals surface area contributed by atoms with Crippen molar-refractivity contribution < 1.29 is 27.5 Å². The third-order valence-electron chi connectivity index (χ3n) is 6.06. The summed E-state index contributed by atoms with van der Waals surface area (Å²) in [4.78, 5) is 43.7. The zero-order valence-corrected chi connectivity index (χ0v) is 31.4. The van der Waals surface area contributed by atoms with Crippen LogP contribution in [0.3, 0.4) is 0 Å². The first-order valence-electron chi connectivity index (χ1n) is 14.6. The molecule has 2 amide bonds. The number of hydrogen-bond donors (Lipinski definition) is 3. The number of carbonyl (C=O) groups excluding carboxylic acids is 2. The molecule has 0 atom stereocenters. The topological polar surface area (TPSA) is 183 Å². The van der Waals surface area contributed by atoms with Crippen LogP contribution >= 0.6 is 31.9 Å². The van der Waals surface area contributed by atoms with Crippen molar-refractivity contribution in [1.82, 2.24) is 39.5 Å². The largest absolute Gasteiger partial charge is 0.444 e. The van der Waals surface area contributed by atoms with E-state index in [2.05, 4.69) is 67.4 Å². The van der Waals surface area contributed by atoms with Crippen LogP contribution in [0.25, 0.3) is 22.3 Å². The fraction of sp³-hybridized carbons (Fsp3) is 0.355. The summed E-state index contributed by atoms with van der Waals surface area (Å²) in [6, 6.07) is 6.58. The van der Waals surface area contributed by atoms with Gasteiger partial charge in [0.05, 0.1) is 50.7 Å². The highest BCUT2D eigenvalue weighted by molar-refractivity contribution is 9.11. The first-order valence-corrected chi connectivity index (χ1v) is 17.6. The van der Waals surface area contributed by atoms with Crippen molar-refractivity contribution in [3.63, 3.8) is 0 Å². The van der Waals surface area contributed by atoms with E-state index < -0.39 is 33.4 Å². The maximum absolute atomic E-state index is 13.0. The number of amides is 2. The van der Waals surface area contributed by atoms with Crippen LogP contribution in [-0.2, 0) is 32.6 Å². The van der Waals surface area contributed by atoms with Gasteiger partial charge in [0.25, 0.3) is 10.0 Å². The first-order chi connectivity index (χ1) is 22.3. The minimum atomic E-state index is -3.83. The number of nitrogens with one attached hydrogen (secondary N) is 3. The van der Waals surface area contributed by atoms with Crippen LogP contribution in [0.1, 0.15) is 58.5 Å². The third-order valence-corrected chi connectivity index (χ3v) is 8.91. The lowest BCUT2D eigenvalue weighted by Gasteiger charge is -2.19. The second-order valence-electron chi connectivity index (χ2n) is 12.5. The quantitative estimate of drug-likeness (QED) is 0.171. The Labute approximate surface area is 294 Å². The fourth-order valence-electron chi connectivity index (χ4n) is 4.00. The molecule has 1 aromatic carbocycles. The van der Waals surface area contributed by atoms with Crippen molar-refractivity contribution >= 4 is 76.4 Å². The number of carbonyl (C=O) groups is 2. The van der Waals surface area contributed by atoms with E-state index in [0.717, 1.165) is 19.5 Å². The maximum atomic E-state index is 13.0. The van der Waals surface area contributed by atoms with Gasteiger partial charge >= 0.3 is 12.2 Å². The van der Waals surface area contributed by atoms with E-state index in [-0.39, 0.29) is 23.6 Å². The van der Waals surface area contributed by atoms with Crippen LogP contribution in [0.5, 0.6) is 0 Å². The summed E-state index contributed by atoms with van der Waals surface area (Å²) in [5.41, 5.74) is 2.99. The van der Waals surface area contributed by atoms with Crippen LogP contribution in [-0.4, -0.2) is 60.7 Å². The number of rotatable bonds is 6. The summed E-state index contributed by atoms with van der Waals surface area (Å²) in [6.45, 7) is 13.0. The van der Waals surface area contributed by atoms with Crippen molar-refractivity contribution in [1.29, 1.82) is 0 Å². The van der Waals surface area contributed by atoms with E-state index in [1.165, 1.54) is 12.4 Å². The van der Waals surface area contributed by atoms with Crippen molar-refractivity contribution in [2.24, 2.45) is 0 Å². The number of hydrogen-bond acceptors (Lipinski definition) is 10. The van der Waals surface area contributed by atoms with E-state index >= 15 is 0 Å². The smallest absolute Gasteiger partial charge is 0.407 e. The number of nitrogens with zero attached hydrogens (tertiary/aromatic N) is 5. The zero-order valence-electron chi connectivity index (χ0n) is 27.4. The molecule has 0 aliphatic heterocycles. The Morgan fingerprint density at radius 1 is 0.833 bits per heavy atom. The second kappa shape index (κ2) is 14.6. The molecular weight excluding hydrogens is 772 g/mol. The van der Waals surface area contributed by atoms with E-state index in [0.29, 0.717) is 27.0 Å². The Hall–Kier alpha value is -4.09. The predicted octanol–water partition coefficient (Wildman–Crippen LogP) is 6.51. The molecule has 0 radical (unpaired) electrons. The van der Waals surface area contributed by atoms with Gasteiger partial charge in [0.1, 0.15) is 22.2 Å². The van der Waals surface area contributed by atoms with Gasteiger partial charge in [-0.05, 0) is 92.5 Å². The molecule has 0 aliphatic rings. The van der Waals surface area contributed by atoms with Crippen LogP contribution in [0, 0.1) is 6.92 Å². The molecule has 4 heterocycles. The molecule has 17 heteroatoms. The Bertz CT molecular complexity index is 2050. The summed E-state index contributed by atoms with van der Waals surface area (Å²) in [5, 5.41) is 5.25. The number of benzene rings is 1. The molecule has 0 fully saturated rings. The van der Waals surface area contributed by atoms with Gasteiger partial charge in [-0.2, -0.15) is 0 Å². The summed E-state index contributed by atoms with van der Waals surface area (Å²) >= 11 is 6.72. The molecular formula is C31H36Br2N8O6S. The van der Waals surface area contributed by atoms with Crippen LogP contribution < -0.4 is 10.6 Å². The first kappa shape index (κ1) is 36.7. The highest BCUT2D eigenvalue weighted by Gasteiger charge is 2.23. The normalized spacial score (nSPS) is 11.9. The molecule has 256 valence electrons. The minimum Gasteiger partial charge on any atom is -0.444 e. The van der Waals surface area contributed by atoms with Crippen LogP contribution in [0.4, 0.5) is 9.59 Å². The molecule has 48 heavy (non-hydrogen) atoms. The summed E-state index contributed by atoms with van der Waals surface area (Å²) < 4.78 is 38.8. The number of halogens is 2. The van der Waals surface area contributed by atoms with Gasteiger partial charge in [-0.25, -0.2) is 41.9 Å². The van der Waals surface area contributed by atoms with Gasteiger partial charge in [-0.15, -0.1) is 0 Å². The number of ether oxygens (including phenoxy) is 2. The average molecular weight is 809 g/mol. The molecule has 5 rings (SSSR count). The molecule has 4 aromatic heterocycles. The highest BCUT2D eigenvalue weighted by atomic mass is 79.9. The van der Waals surface area contributed by atoms with Gasteiger partial charge < -0.3 is 25.1 Å². The Morgan fingerprint density at radius 3 is 1.90 bits per heavy atom. The molecule has 0 bridgehead atoms. The molecule has 14 nitrogen and oxygen atoms in total. The predicted molar refractivity (Wildman–Crippen MR) is 187 cm³/mol. The van der Waals surface area contributed by atoms with E-state index in [1.54, 1.807) is 57.4 Å². The Balaban J connectivity index is 0.000000237. The third kappa shape index (κ3) is 9.73. The van der Waals surface area contributed by atoms with Crippen molar-refractivity contribution in [3.05, 3.63) is 74.9 Å². The number of H-pyrrole nitrogens is 1. The van der Waals surface area contributed by atoms with Crippen LogP contribution in [0.2, 0.25) is 0 Å². The Morgan fingerprint density at radius 2 is 1.35 bits per heavy atom. The van der Waals surface area contributed by atoms with Gasteiger partial charge in [-0.3, -0.25) is 0 Å². The molecule has 0 saturated heterocycles. The van der Waals surface area contributed by atoms with Crippen molar-refractivity contribution in [3.8, 4) is 0 Å². The molecule has 0 spiro atoms. The molecule has 0 aliphatic carbocycles. The number of fused-ring (bicyclic) bond motifs is 2. The number of aryl methyl sites for hydroxylation is 1. The van der Waals surface area contributed by atoms with E-state index in [1.807, 2.05) is 27.7 Å². The lowest BCUT2D eigenvalue weighted by atomic mass is 10.2. The fourth-order valence-corrected chi connectivity index (χ4v) is 6.30. The lowest BCUT2D eigenvalue weighted by molar-refractivity contribution is 0.0511. The van der Waals surface area contributed by atoms with Crippen molar-refractivity contribution in [2.75, 3.05) is 0 Å². The summed E-state index contributed by atoms with van der Waals surface area (Å²) in [7, 11) is -3.83. The zero-order chi connectivity index (χ0) is 35.4.